The first-order valence-electron chi connectivity index (χ1n) is 8.13. The first-order valence-corrected chi connectivity index (χ1v) is 8.13. The van der Waals surface area contributed by atoms with Crippen LogP contribution in [0.1, 0.15) is 57.9 Å². The summed E-state index contributed by atoms with van der Waals surface area (Å²) in [6.07, 6.45) is 9.44. The maximum absolute atomic E-state index is 5.99. The van der Waals surface area contributed by atoms with Crippen molar-refractivity contribution in [2.24, 2.45) is 5.92 Å². The normalized spacial score (nSPS) is 16.1. The van der Waals surface area contributed by atoms with E-state index in [1.165, 1.54) is 44.1 Å². The molecule has 1 atom stereocenters. The standard InChI is InChI=1S/C17H28N2O/c1-3-5-7-14(4-2)13-20-17-15(8-6-11-18-17)12-19-16-9-10-16/h6,8,11,14,16,19H,3-5,7,9-10,12-13H2,1-2H3. The summed E-state index contributed by atoms with van der Waals surface area (Å²) in [5.41, 5.74) is 1.18. The third-order valence-corrected chi connectivity index (χ3v) is 4.01. The highest BCUT2D eigenvalue weighted by Gasteiger charge is 2.20. The van der Waals surface area contributed by atoms with E-state index in [1.54, 1.807) is 0 Å². The highest BCUT2D eigenvalue weighted by atomic mass is 16.5. The van der Waals surface area contributed by atoms with Gasteiger partial charge < -0.3 is 10.1 Å². The fourth-order valence-corrected chi connectivity index (χ4v) is 2.33. The van der Waals surface area contributed by atoms with Crippen molar-refractivity contribution in [2.75, 3.05) is 6.61 Å². The predicted octanol–water partition coefficient (Wildman–Crippen LogP) is 3.93. The lowest BCUT2D eigenvalue weighted by molar-refractivity contribution is 0.223. The van der Waals surface area contributed by atoms with Crippen LogP contribution in [0.5, 0.6) is 5.88 Å². The van der Waals surface area contributed by atoms with E-state index in [0.717, 1.165) is 25.1 Å². The lowest BCUT2D eigenvalue weighted by Gasteiger charge is -2.16. The highest BCUT2D eigenvalue weighted by Crippen LogP contribution is 2.22. The molecule has 0 saturated heterocycles. The molecule has 3 heteroatoms. The molecule has 112 valence electrons. The van der Waals surface area contributed by atoms with Gasteiger partial charge in [-0.3, -0.25) is 0 Å². The number of hydrogen-bond donors (Lipinski definition) is 1. The lowest BCUT2D eigenvalue weighted by Crippen LogP contribution is -2.18. The molecule has 1 aromatic rings. The number of hydrogen-bond acceptors (Lipinski definition) is 3. The highest BCUT2D eigenvalue weighted by molar-refractivity contribution is 5.25. The molecule has 0 bridgehead atoms. The zero-order chi connectivity index (χ0) is 14.2. The maximum Gasteiger partial charge on any atom is 0.217 e. The molecule has 0 aromatic carbocycles. The summed E-state index contributed by atoms with van der Waals surface area (Å²) in [6, 6.07) is 4.83. The van der Waals surface area contributed by atoms with Crippen LogP contribution in [0.2, 0.25) is 0 Å². The summed E-state index contributed by atoms with van der Waals surface area (Å²) in [5, 5.41) is 3.53. The minimum atomic E-state index is 0.654. The Morgan fingerprint density at radius 3 is 2.95 bits per heavy atom. The van der Waals surface area contributed by atoms with Gasteiger partial charge in [0, 0.05) is 24.3 Å². The van der Waals surface area contributed by atoms with Gasteiger partial charge in [-0.15, -0.1) is 0 Å². The van der Waals surface area contributed by atoms with E-state index < -0.39 is 0 Å². The number of unbranched alkanes of at least 4 members (excludes halogenated alkanes) is 1. The molecule has 1 N–H and O–H groups in total. The van der Waals surface area contributed by atoms with E-state index in [2.05, 4.69) is 30.2 Å². The first kappa shape index (κ1) is 15.3. The fourth-order valence-electron chi connectivity index (χ4n) is 2.33. The Balaban J connectivity index is 1.83. The van der Waals surface area contributed by atoms with Gasteiger partial charge in [0.2, 0.25) is 5.88 Å². The van der Waals surface area contributed by atoms with E-state index >= 15 is 0 Å². The van der Waals surface area contributed by atoms with Crippen molar-refractivity contribution in [3.8, 4) is 5.88 Å². The first-order chi connectivity index (χ1) is 9.83. The summed E-state index contributed by atoms with van der Waals surface area (Å²) >= 11 is 0. The summed E-state index contributed by atoms with van der Waals surface area (Å²) in [7, 11) is 0. The molecule has 1 unspecified atom stereocenters. The minimum Gasteiger partial charge on any atom is -0.477 e. The molecule has 1 aromatic heterocycles. The van der Waals surface area contributed by atoms with Gasteiger partial charge in [-0.1, -0.05) is 39.2 Å². The third kappa shape index (κ3) is 5.12. The number of pyridine rings is 1. The molecule has 2 rings (SSSR count). The molecule has 0 aliphatic heterocycles. The van der Waals surface area contributed by atoms with Crippen LogP contribution in [-0.4, -0.2) is 17.6 Å². The van der Waals surface area contributed by atoms with Crippen molar-refractivity contribution in [3.63, 3.8) is 0 Å². The maximum atomic E-state index is 5.99. The van der Waals surface area contributed by atoms with Crippen molar-refractivity contribution >= 4 is 0 Å². The van der Waals surface area contributed by atoms with Gasteiger partial charge in [0.05, 0.1) is 6.61 Å². The molecule has 0 amide bonds. The van der Waals surface area contributed by atoms with Gasteiger partial charge in [-0.2, -0.15) is 0 Å². The van der Waals surface area contributed by atoms with Crippen molar-refractivity contribution in [2.45, 2.75) is 65.0 Å². The molecule has 0 radical (unpaired) electrons. The minimum absolute atomic E-state index is 0.654. The van der Waals surface area contributed by atoms with Gasteiger partial charge in [0.1, 0.15) is 0 Å². The summed E-state index contributed by atoms with van der Waals surface area (Å²) in [4.78, 5) is 4.40. The van der Waals surface area contributed by atoms with Gasteiger partial charge in [0.15, 0.2) is 0 Å². The zero-order valence-corrected chi connectivity index (χ0v) is 12.9. The second kappa shape index (κ2) is 8.25. The Morgan fingerprint density at radius 2 is 2.25 bits per heavy atom. The van der Waals surface area contributed by atoms with Crippen molar-refractivity contribution in [1.29, 1.82) is 0 Å². The monoisotopic (exact) mass is 276 g/mol. The fraction of sp³-hybridized carbons (Fsp3) is 0.706. The summed E-state index contributed by atoms with van der Waals surface area (Å²) in [6.45, 7) is 6.16. The lowest BCUT2D eigenvalue weighted by atomic mass is 10.0. The molecule has 1 heterocycles. The van der Waals surface area contributed by atoms with Crippen LogP contribution < -0.4 is 10.1 Å². The number of nitrogens with zero attached hydrogens (tertiary/aromatic N) is 1. The molecular formula is C17H28N2O. The third-order valence-electron chi connectivity index (χ3n) is 4.01. The average Bonchev–Trinajstić information content (AvgIpc) is 3.30. The predicted molar refractivity (Wildman–Crippen MR) is 82.9 cm³/mol. The molecular weight excluding hydrogens is 248 g/mol. The molecule has 1 aliphatic carbocycles. The van der Waals surface area contributed by atoms with Gasteiger partial charge in [0.25, 0.3) is 0 Å². The van der Waals surface area contributed by atoms with Gasteiger partial charge in [-0.25, -0.2) is 4.98 Å². The Bertz CT molecular complexity index is 390. The average molecular weight is 276 g/mol. The Morgan fingerprint density at radius 1 is 1.40 bits per heavy atom. The number of ether oxygens (including phenoxy) is 1. The molecule has 3 nitrogen and oxygen atoms in total. The van der Waals surface area contributed by atoms with E-state index in [1.807, 2.05) is 12.3 Å². The Hall–Kier alpha value is -1.09. The van der Waals surface area contributed by atoms with E-state index in [9.17, 15) is 0 Å². The van der Waals surface area contributed by atoms with Crippen LogP contribution in [0.3, 0.4) is 0 Å². The van der Waals surface area contributed by atoms with Gasteiger partial charge in [-0.05, 0) is 31.2 Å². The topological polar surface area (TPSA) is 34.1 Å². The molecule has 1 fully saturated rings. The second-order valence-electron chi connectivity index (χ2n) is 5.85. The number of rotatable bonds is 10. The van der Waals surface area contributed by atoms with Crippen LogP contribution in [0.4, 0.5) is 0 Å². The quantitative estimate of drug-likeness (QED) is 0.703. The number of aromatic nitrogens is 1. The number of nitrogens with one attached hydrogen (secondary N) is 1. The Kier molecular flexibility index (Phi) is 6.31. The van der Waals surface area contributed by atoms with Crippen LogP contribution in [0, 0.1) is 5.92 Å². The van der Waals surface area contributed by atoms with E-state index in [0.29, 0.717) is 5.92 Å². The molecule has 1 saturated carbocycles. The van der Waals surface area contributed by atoms with Crippen LogP contribution in [-0.2, 0) is 6.54 Å². The Labute approximate surface area is 123 Å². The summed E-state index contributed by atoms with van der Waals surface area (Å²) in [5.74, 6) is 1.47. The van der Waals surface area contributed by atoms with Crippen molar-refractivity contribution in [3.05, 3.63) is 23.9 Å². The molecule has 0 spiro atoms. The van der Waals surface area contributed by atoms with Crippen LogP contribution in [0.25, 0.3) is 0 Å². The smallest absolute Gasteiger partial charge is 0.217 e. The van der Waals surface area contributed by atoms with Crippen LogP contribution in [0.15, 0.2) is 18.3 Å². The largest absolute Gasteiger partial charge is 0.477 e. The SMILES string of the molecule is CCCCC(CC)COc1ncccc1CNC1CC1. The second-order valence-corrected chi connectivity index (χ2v) is 5.85. The van der Waals surface area contributed by atoms with E-state index in [-0.39, 0.29) is 0 Å². The summed E-state index contributed by atoms with van der Waals surface area (Å²) < 4.78 is 5.99. The molecule has 1 aliphatic rings. The van der Waals surface area contributed by atoms with Crippen LogP contribution >= 0.6 is 0 Å². The van der Waals surface area contributed by atoms with Crippen molar-refractivity contribution < 1.29 is 4.74 Å². The van der Waals surface area contributed by atoms with Gasteiger partial charge >= 0.3 is 0 Å². The van der Waals surface area contributed by atoms with Crippen molar-refractivity contribution in [1.82, 2.24) is 10.3 Å². The molecule has 20 heavy (non-hydrogen) atoms. The van der Waals surface area contributed by atoms with E-state index in [4.69, 9.17) is 4.74 Å². The zero-order valence-electron chi connectivity index (χ0n) is 12.9.